The number of amides is 2. The Bertz CT molecular complexity index is 632. The lowest BCUT2D eigenvalue weighted by molar-refractivity contribution is -0.126. The van der Waals surface area contributed by atoms with E-state index in [1.807, 2.05) is 0 Å². The van der Waals surface area contributed by atoms with Crippen LogP contribution in [0.15, 0.2) is 0 Å². The van der Waals surface area contributed by atoms with Crippen molar-refractivity contribution in [2.75, 3.05) is 52.1 Å². The minimum atomic E-state index is -3.35. The number of piperidine rings is 1. The van der Waals surface area contributed by atoms with Crippen LogP contribution < -0.4 is 10.6 Å². The maximum Gasteiger partial charge on any atom is 0.223 e. The molecule has 0 aromatic carbocycles. The van der Waals surface area contributed by atoms with E-state index in [-0.39, 0.29) is 30.7 Å². The molecular formula is C20H38N4O4S. The number of rotatable bonds is 6. The average Bonchev–Trinajstić information content (AvgIpc) is 2.72. The number of nitrogens with one attached hydrogen (secondary N) is 2. The third kappa shape index (κ3) is 8.60. The first kappa shape index (κ1) is 24.1. The minimum Gasteiger partial charge on any atom is -0.356 e. The molecule has 2 amide bonds. The number of carbonyl (C=O) groups excluding carboxylic acids is 2. The Kier molecular flexibility index (Phi) is 9.85. The first-order chi connectivity index (χ1) is 13.8. The fourth-order valence-corrected chi connectivity index (χ4v) is 5.08. The van der Waals surface area contributed by atoms with Gasteiger partial charge >= 0.3 is 0 Å². The molecule has 2 saturated heterocycles. The topological polar surface area (TPSA) is 98.8 Å². The normalized spacial score (nSPS) is 24.5. The van der Waals surface area contributed by atoms with Crippen molar-refractivity contribution in [2.24, 2.45) is 11.8 Å². The van der Waals surface area contributed by atoms with Gasteiger partial charge in [-0.15, -0.1) is 0 Å². The van der Waals surface area contributed by atoms with Crippen LogP contribution >= 0.6 is 0 Å². The Morgan fingerprint density at radius 1 is 1.14 bits per heavy atom. The first-order valence-corrected chi connectivity index (χ1v) is 12.9. The van der Waals surface area contributed by atoms with Crippen LogP contribution in [0.2, 0.25) is 0 Å². The third-order valence-electron chi connectivity index (χ3n) is 6.21. The molecule has 2 aliphatic rings. The molecule has 0 bridgehead atoms. The van der Waals surface area contributed by atoms with Gasteiger partial charge in [0.1, 0.15) is 0 Å². The fraction of sp³-hybridized carbons (Fsp3) is 0.900. The highest BCUT2D eigenvalue weighted by Gasteiger charge is 2.23. The van der Waals surface area contributed by atoms with Crippen molar-refractivity contribution < 1.29 is 18.0 Å². The van der Waals surface area contributed by atoms with E-state index in [2.05, 4.69) is 22.5 Å². The predicted octanol–water partition coefficient (Wildman–Crippen LogP) is 0.793. The lowest BCUT2D eigenvalue weighted by Gasteiger charge is -2.31. The van der Waals surface area contributed by atoms with Gasteiger partial charge in [-0.2, -0.15) is 0 Å². The summed E-state index contributed by atoms with van der Waals surface area (Å²) in [6.07, 6.45) is 6.55. The van der Waals surface area contributed by atoms with E-state index in [4.69, 9.17) is 0 Å². The molecule has 0 radical (unpaired) electrons. The minimum absolute atomic E-state index is 0.0235. The highest BCUT2D eigenvalue weighted by atomic mass is 32.2. The van der Waals surface area contributed by atoms with Gasteiger partial charge in [-0.3, -0.25) is 9.59 Å². The molecule has 2 aliphatic heterocycles. The highest BCUT2D eigenvalue weighted by molar-refractivity contribution is 7.88. The van der Waals surface area contributed by atoms with E-state index in [1.165, 1.54) is 23.4 Å². The average molecular weight is 431 g/mol. The van der Waals surface area contributed by atoms with Crippen LogP contribution in [-0.2, 0) is 19.6 Å². The summed E-state index contributed by atoms with van der Waals surface area (Å²) in [7, 11) is -3.35. The smallest absolute Gasteiger partial charge is 0.223 e. The zero-order valence-electron chi connectivity index (χ0n) is 18.0. The fourth-order valence-electron chi connectivity index (χ4n) is 4.20. The van der Waals surface area contributed by atoms with Crippen molar-refractivity contribution >= 4 is 21.8 Å². The molecule has 8 nitrogen and oxygen atoms in total. The van der Waals surface area contributed by atoms with Gasteiger partial charge in [-0.1, -0.05) is 6.92 Å². The number of likely N-dealkylation sites (tertiary alicyclic amines) is 1. The summed E-state index contributed by atoms with van der Waals surface area (Å²) >= 11 is 0. The molecule has 2 rings (SSSR count). The van der Waals surface area contributed by atoms with Gasteiger partial charge in [0.25, 0.3) is 0 Å². The number of hydrogen-bond donors (Lipinski definition) is 2. The summed E-state index contributed by atoms with van der Waals surface area (Å²) in [5, 5.41) is 5.89. The summed E-state index contributed by atoms with van der Waals surface area (Å²) in [6, 6.07) is 0. The second-order valence-electron chi connectivity index (χ2n) is 8.35. The van der Waals surface area contributed by atoms with E-state index in [0.717, 1.165) is 26.1 Å². The molecule has 2 fully saturated rings. The Labute approximate surface area is 175 Å². The Morgan fingerprint density at radius 3 is 2.52 bits per heavy atom. The maximum atomic E-state index is 12.7. The second-order valence-corrected chi connectivity index (χ2v) is 10.3. The molecular weight excluding hydrogens is 392 g/mol. The van der Waals surface area contributed by atoms with E-state index in [9.17, 15) is 18.0 Å². The van der Waals surface area contributed by atoms with Gasteiger partial charge < -0.3 is 15.5 Å². The van der Waals surface area contributed by atoms with E-state index >= 15 is 0 Å². The van der Waals surface area contributed by atoms with Crippen LogP contribution in [-0.4, -0.2) is 81.5 Å². The van der Waals surface area contributed by atoms with Gasteiger partial charge in [0.2, 0.25) is 21.8 Å². The molecule has 0 spiro atoms. The lowest BCUT2D eigenvalue weighted by Crippen LogP contribution is -2.37. The number of hydrogen-bond acceptors (Lipinski definition) is 5. The van der Waals surface area contributed by atoms with Gasteiger partial charge in [-0.25, -0.2) is 12.7 Å². The van der Waals surface area contributed by atoms with Crippen LogP contribution in [0.4, 0.5) is 0 Å². The largest absolute Gasteiger partial charge is 0.356 e. The van der Waals surface area contributed by atoms with Crippen LogP contribution in [0.25, 0.3) is 0 Å². The monoisotopic (exact) mass is 430 g/mol. The van der Waals surface area contributed by atoms with Gasteiger partial charge in [0.15, 0.2) is 0 Å². The van der Waals surface area contributed by atoms with E-state index in [1.54, 1.807) is 0 Å². The lowest BCUT2D eigenvalue weighted by atomic mass is 9.93. The van der Waals surface area contributed by atoms with Crippen molar-refractivity contribution in [3.05, 3.63) is 0 Å². The van der Waals surface area contributed by atoms with Crippen LogP contribution in [0.3, 0.4) is 0 Å². The molecule has 1 atom stereocenters. The Balaban J connectivity index is 1.80. The highest BCUT2D eigenvalue weighted by Crippen LogP contribution is 2.20. The summed E-state index contributed by atoms with van der Waals surface area (Å²) in [4.78, 5) is 27.1. The number of sulfonamides is 1. The quantitative estimate of drug-likeness (QED) is 0.649. The van der Waals surface area contributed by atoms with Crippen molar-refractivity contribution in [3.8, 4) is 0 Å². The zero-order chi connectivity index (χ0) is 21.3. The third-order valence-corrected chi connectivity index (χ3v) is 7.51. The maximum absolute atomic E-state index is 12.7. The van der Waals surface area contributed by atoms with E-state index in [0.29, 0.717) is 44.8 Å². The molecule has 168 valence electrons. The Hall–Kier alpha value is -1.19. The van der Waals surface area contributed by atoms with Gasteiger partial charge in [0, 0.05) is 38.5 Å². The standard InChI is InChI=1S/C20H38N4O4S/c1-3-23-14-8-17(9-15-23)6-11-22-20(26)18-5-4-13-24(29(2,27)28)16-10-19(25)21-12-7-18/h17-18H,3-16H2,1-2H3,(H,21,25)(H,22,26). The molecule has 0 aliphatic carbocycles. The molecule has 0 aromatic rings. The predicted molar refractivity (Wildman–Crippen MR) is 114 cm³/mol. The first-order valence-electron chi connectivity index (χ1n) is 11.0. The SMILES string of the molecule is CCN1CCC(CCNC(=O)C2CCCN(S(C)(=O)=O)CCC(=O)NCC2)CC1. The van der Waals surface area contributed by atoms with Crippen molar-refractivity contribution in [2.45, 2.75) is 51.9 Å². The zero-order valence-corrected chi connectivity index (χ0v) is 18.8. The van der Waals surface area contributed by atoms with Crippen LogP contribution in [0.1, 0.15) is 51.9 Å². The molecule has 29 heavy (non-hydrogen) atoms. The number of carbonyl (C=O) groups is 2. The van der Waals surface area contributed by atoms with Gasteiger partial charge in [-0.05, 0) is 64.1 Å². The van der Waals surface area contributed by atoms with E-state index < -0.39 is 10.0 Å². The molecule has 0 aromatic heterocycles. The number of nitrogens with zero attached hydrogens (tertiary/aromatic N) is 2. The van der Waals surface area contributed by atoms with Crippen LogP contribution in [0.5, 0.6) is 0 Å². The Morgan fingerprint density at radius 2 is 1.86 bits per heavy atom. The summed E-state index contributed by atoms with van der Waals surface area (Å²) in [5.74, 6) is 0.332. The van der Waals surface area contributed by atoms with Gasteiger partial charge in [0.05, 0.1) is 6.26 Å². The van der Waals surface area contributed by atoms with Crippen molar-refractivity contribution in [1.29, 1.82) is 0 Å². The molecule has 2 heterocycles. The van der Waals surface area contributed by atoms with Crippen molar-refractivity contribution in [3.63, 3.8) is 0 Å². The summed E-state index contributed by atoms with van der Waals surface area (Å²) in [5.41, 5.74) is 0. The summed E-state index contributed by atoms with van der Waals surface area (Å²) < 4.78 is 25.1. The van der Waals surface area contributed by atoms with Crippen LogP contribution in [0, 0.1) is 11.8 Å². The molecule has 9 heteroatoms. The molecule has 2 N–H and O–H groups in total. The second kappa shape index (κ2) is 11.9. The molecule has 1 unspecified atom stereocenters. The molecule has 0 saturated carbocycles. The van der Waals surface area contributed by atoms with Crippen molar-refractivity contribution in [1.82, 2.24) is 19.8 Å². The summed E-state index contributed by atoms with van der Waals surface area (Å²) in [6.45, 7) is 7.28.